The first-order chi connectivity index (χ1) is 10.9. The molecule has 1 amide bonds. The van der Waals surface area contributed by atoms with Crippen molar-refractivity contribution in [2.45, 2.75) is 65.0 Å². The van der Waals surface area contributed by atoms with Crippen LogP contribution in [0.5, 0.6) is 0 Å². The molecular weight excluding hydrogens is 310 g/mol. The van der Waals surface area contributed by atoms with E-state index in [9.17, 15) is 4.79 Å². The topological polar surface area (TPSA) is 72.7 Å². The Morgan fingerprint density at radius 3 is 2.96 bits per heavy atom. The minimum absolute atomic E-state index is 0.0490. The minimum atomic E-state index is -0.0542. The van der Waals surface area contributed by atoms with Crippen LogP contribution in [0.4, 0.5) is 0 Å². The molecule has 3 heterocycles. The summed E-state index contributed by atoms with van der Waals surface area (Å²) in [4.78, 5) is 17.8. The first kappa shape index (κ1) is 16.1. The lowest BCUT2D eigenvalue weighted by atomic mass is 9.93. The molecule has 1 N–H and O–H groups in total. The molecule has 7 heteroatoms. The molecule has 124 valence electrons. The monoisotopic (exact) mass is 333 g/mol. The van der Waals surface area contributed by atoms with Gasteiger partial charge in [0.2, 0.25) is 0 Å². The molecule has 3 rings (SSSR count). The molecule has 0 aromatic carbocycles. The molecule has 23 heavy (non-hydrogen) atoms. The van der Waals surface area contributed by atoms with Crippen LogP contribution in [0.2, 0.25) is 0 Å². The second kappa shape index (κ2) is 6.03. The molecule has 2 aromatic rings. The maximum Gasteiger partial charge on any atom is 0.265 e. The van der Waals surface area contributed by atoms with Gasteiger partial charge in [0.15, 0.2) is 0 Å². The zero-order valence-corrected chi connectivity index (χ0v) is 14.9. The number of fused-ring (bicyclic) bond motifs is 1. The third-order valence-electron chi connectivity index (χ3n) is 4.19. The largest absolute Gasteiger partial charge is 0.347 e. The van der Waals surface area contributed by atoms with Gasteiger partial charge < -0.3 is 9.88 Å². The van der Waals surface area contributed by atoms with Crippen molar-refractivity contribution >= 4 is 17.4 Å². The van der Waals surface area contributed by atoms with Crippen molar-refractivity contribution in [3.63, 3.8) is 0 Å². The number of aryl methyl sites for hydroxylation is 2. The Kier molecular flexibility index (Phi) is 4.23. The van der Waals surface area contributed by atoms with Gasteiger partial charge in [-0.05, 0) is 24.4 Å². The fourth-order valence-corrected chi connectivity index (χ4v) is 3.44. The molecule has 1 aliphatic rings. The van der Waals surface area contributed by atoms with Crippen LogP contribution in [0.25, 0.3) is 0 Å². The van der Waals surface area contributed by atoms with E-state index in [4.69, 9.17) is 4.98 Å². The maximum atomic E-state index is 12.4. The van der Waals surface area contributed by atoms with Crippen molar-refractivity contribution in [3.8, 4) is 0 Å². The Morgan fingerprint density at radius 1 is 1.48 bits per heavy atom. The average Bonchev–Trinajstić information content (AvgIpc) is 3.12. The molecule has 0 saturated heterocycles. The van der Waals surface area contributed by atoms with Crippen LogP contribution in [-0.2, 0) is 24.8 Å². The molecular formula is C16H23N5OS. The molecule has 0 spiro atoms. The molecule has 0 fully saturated rings. The average molecular weight is 333 g/mol. The summed E-state index contributed by atoms with van der Waals surface area (Å²) in [7, 11) is 0. The van der Waals surface area contributed by atoms with Crippen molar-refractivity contribution < 1.29 is 4.79 Å². The Morgan fingerprint density at radius 2 is 2.26 bits per heavy atom. The highest BCUT2D eigenvalue weighted by molar-refractivity contribution is 7.08. The fraction of sp³-hybridized carbons (Fsp3) is 0.625. The number of nitrogens with one attached hydrogen (secondary N) is 1. The number of rotatable bonds is 3. The van der Waals surface area contributed by atoms with E-state index in [1.807, 2.05) is 6.92 Å². The number of carbonyl (C=O) groups is 1. The molecule has 1 atom stereocenters. The van der Waals surface area contributed by atoms with Crippen LogP contribution in [0.3, 0.4) is 0 Å². The van der Waals surface area contributed by atoms with E-state index in [0.29, 0.717) is 4.88 Å². The minimum Gasteiger partial charge on any atom is -0.347 e. The highest BCUT2D eigenvalue weighted by Crippen LogP contribution is 2.24. The first-order valence-corrected chi connectivity index (χ1v) is 8.84. The fourth-order valence-electron chi connectivity index (χ4n) is 2.79. The van der Waals surface area contributed by atoms with E-state index >= 15 is 0 Å². The van der Waals surface area contributed by atoms with Gasteiger partial charge in [0.25, 0.3) is 5.91 Å². The number of hydrogen-bond donors (Lipinski definition) is 1. The third-order valence-corrected chi connectivity index (χ3v) is 4.96. The van der Waals surface area contributed by atoms with E-state index in [2.05, 4.69) is 46.4 Å². The first-order valence-electron chi connectivity index (χ1n) is 8.07. The van der Waals surface area contributed by atoms with Crippen LogP contribution in [0.1, 0.15) is 61.0 Å². The molecule has 0 radical (unpaired) electrons. The van der Waals surface area contributed by atoms with E-state index in [-0.39, 0.29) is 17.4 Å². The van der Waals surface area contributed by atoms with E-state index < -0.39 is 0 Å². The van der Waals surface area contributed by atoms with E-state index in [1.54, 1.807) is 0 Å². The maximum absolute atomic E-state index is 12.4. The van der Waals surface area contributed by atoms with Gasteiger partial charge in [-0.2, -0.15) is 0 Å². The van der Waals surface area contributed by atoms with Gasteiger partial charge in [0.1, 0.15) is 10.7 Å². The Balaban J connectivity index is 1.70. The van der Waals surface area contributed by atoms with Crippen molar-refractivity contribution in [2.24, 2.45) is 0 Å². The Labute approximate surface area is 140 Å². The lowest BCUT2D eigenvalue weighted by Gasteiger charge is -2.24. The van der Waals surface area contributed by atoms with Gasteiger partial charge in [-0.15, -0.1) is 5.10 Å². The number of hydrogen-bond acceptors (Lipinski definition) is 5. The van der Waals surface area contributed by atoms with Crippen LogP contribution in [-0.4, -0.2) is 31.1 Å². The standard InChI is InChI=1S/C16H23N5OS/c1-5-11-14(23-20-19-11)15(22)17-10-6-7-13-18-12(16(2,3)4)9-21(13)8-10/h9-10H,5-8H2,1-4H3,(H,17,22)/t10-/m0/s1. The highest BCUT2D eigenvalue weighted by atomic mass is 32.1. The lowest BCUT2D eigenvalue weighted by Crippen LogP contribution is -2.40. The number of amides is 1. The summed E-state index contributed by atoms with van der Waals surface area (Å²) in [6, 6.07) is 0.129. The zero-order valence-electron chi connectivity index (χ0n) is 14.1. The highest BCUT2D eigenvalue weighted by Gasteiger charge is 2.26. The molecule has 6 nitrogen and oxygen atoms in total. The predicted octanol–water partition coefficient (Wildman–Crippen LogP) is 2.34. The zero-order chi connectivity index (χ0) is 16.6. The second-order valence-corrected chi connectivity index (χ2v) is 7.81. The summed E-state index contributed by atoms with van der Waals surface area (Å²) in [5.74, 6) is 1.07. The number of aromatic nitrogens is 4. The van der Waals surface area contributed by atoms with Crippen LogP contribution < -0.4 is 5.32 Å². The predicted molar refractivity (Wildman–Crippen MR) is 89.8 cm³/mol. The Bertz CT molecular complexity index is 712. The van der Waals surface area contributed by atoms with Crippen molar-refractivity contribution in [2.75, 3.05) is 0 Å². The number of imidazole rings is 1. The number of carbonyl (C=O) groups excluding carboxylic acids is 1. The second-order valence-electron chi connectivity index (χ2n) is 7.06. The lowest BCUT2D eigenvalue weighted by molar-refractivity contribution is 0.0930. The van der Waals surface area contributed by atoms with Gasteiger partial charge in [0, 0.05) is 30.6 Å². The third kappa shape index (κ3) is 3.29. The quantitative estimate of drug-likeness (QED) is 0.936. The molecule has 0 aliphatic carbocycles. The van der Waals surface area contributed by atoms with Gasteiger partial charge >= 0.3 is 0 Å². The summed E-state index contributed by atoms with van der Waals surface area (Å²) < 4.78 is 6.07. The molecule has 0 unspecified atom stereocenters. The van der Waals surface area contributed by atoms with Crippen molar-refractivity contribution in [1.82, 2.24) is 24.5 Å². The van der Waals surface area contributed by atoms with Gasteiger partial charge in [-0.3, -0.25) is 4.79 Å². The van der Waals surface area contributed by atoms with Crippen LogP contribution in [0.15, 0.2) is 6.20 Å². The van der Waals surface area contributed by atoms with E-state index in [0.717, 1.165) is 43.0 Å². The summed E-state index contributed by atoms with van der Waals surface area (Å²) >= 11 is 1.17. The van der Waals surface area contributed by atoms with Gasteiger partial charge in [0.05, 0.1) is 11.4 Å². The van der Waals surface area contributed by atoms with Crippen molar-refractivity contribution in [1.29, 1.82) is 0 Å². The summed E-state index contributed by atoms with van der Waals surface area (Å²) in [6.45, 7) is 9.27. The van der Waals surface area contributed by atoms with Crippen LogP contribution in [0, 0.1) is 0 Å². The molecule has 0 bridgehead atoms. The summed E-state index contributed by atoms with van der Waals surface area (Å²) in [6.07, 6.45) is 4.66. The van der Waals surface area contributed by atoms with Crippen molar-refractivity contribution in [3.05, 3.63) is 28.3 Å². The molecule has 1 aliphatic heterocycles. The number of nitrogens with zero attached hydrogens (tertiary/aromatic N) is 4. The molecule has 2 aromatic heterocycles. The Hall–Kier alpha value is -1.76. The van der Waals surface area contributed by atoms with E-state index in [1.165, 1.54) is 11.5 Å². The summed E-state index contributed by atoms with van der Waals surface area (Å²) in [5.41, 5.74) is 1.94. The normalized spacial score (nSPS) is 17.8. The SMILES string of the molecule is CCc1nnsc1C(=O)N[C@H]1CCc2nc(C(C)(C)C)cn2C1. The summed E-state index contributed by atoms with van der Waals surface area (Å²) in [5, 5.41) is 7.14. The molecule has 0 saturated carbocycles. The smallest absolute Gasteiger partial charge is 0.265 e. The van der Waals surface area contributed by atoms with Crippen LogP contribution >= 0.6 is 11.5 Å². The van der Waals surface area contributed by atoms with Gasteiger partial charge in [-0.1, -0.05) is 32.2 Å². The van der Waals surface area contributed by atoms with Gasteiger partial charge in [-0.25, -0.2) is 4.98 Å².